The van der Waals surface area contributed by atoms with E-state index in [1.165, 1.54) is 6.92 Å². The lowest BCUT2D eigenvalue weighted by Gasteiger charge is -2.27. The third kappa shape index (κ3) is 2.40. The number of hydrogen-bond acceptors (Lipinski definition) is 5. The number of ketones is 1. The van der Waals surface area contributed by atoms with E-state index in [0.29, 0.717) is 16.2 Å². The SMILES string of the molecule is CC(=O)C1=C(C)NC(S)=C(C#N)C1c1ccncc1. The number of hydrogen-bond donors (Lipinski definition) is 2. The van der Waals surface area contributed by atoms with Gasteiger partial charge in [-0.05, 0) is 31.5 Å². The molecular weight excluding hydrogens is 258 g/mol. The molecule has 0 amide bonds. The summed E-state index contributed by atoms with van der Waals surface area (Å²) in [7, 11) is 0. The number of nitrogens with one attached hydrogen (secondary N) is 1. The molecule has 4 nitrogen and oxygen atoms in total. The maximum absolute atomic E-state index is 11.9. The first-order valence-corrected chi connectivity index (χ1v) is 6.22. The predicted octanol–water partition coefficient (Wildman–Crippen LogP) is 2.30. The summed E-state index contributed by atoms with van der Waals surface area (Å²) in [4.78, 5) is 15.9. The summed E-state index contributed by atoms with van der Waals surface area (Å²) in [5, 5.41) is 12.8. The van der Waals surface area contributed by atoms with Crippen LogP contribution in [0, 0.1) is 11.3 Å². The molecule has 1 aromatic rings. The Morgan fingerprint density at radius 2 is 2.11 bits per heavy atom. The molecule has 1 aromatic heterocycles. The highest BCUT2D eigenvalue weighted by atomic mass is 32.1. The standard InChI is InChI=1S/C14H13N3OS/c1-8-12(9(2)18)13(10-3-5-16-6-4-10)11(7-15)14(19)17-8/h3-6,13,17,19H,1-2H3. The van der Waals surface area contributed by atoms with Crippen molar-refractivity contribution in [1.82, 2.24) is 10.3 Å². The average Bonchev–Trinajstić information content (AvgIpc) is 2.38. The summed E-state index contributed by atoms with van der Waals surface area (Å²) in [5.74, 6) is -0.431. The first-order chi connectivity index (χ1) is 9.06. The Balaban J connectivity index is 2.65. The van der Waals surface area contributed by atoms with Crippen LogP contribution in [0.5, 0.6) is 0 Å². The quantitative estimate of drug-likeness (QED) is 0.810. The van der Waals surface area contributed by atoms with Gasteiger partial charge in [-0.3, -0.25) is 9.78 Å². The third-order valence-electron chi connectivity index (χ3n) is 3.08. The van der Waals surface area contributed by atoms with Gasteiger partial charge in [0.05, 0.1) is 22.6 Å². The van der Waals surface area contributed by atoms with Gasteiger partial charge in [-0.15, -0.1) is 12.6 Å². The number of allylic oxidation sites excluding steroid dienone is 3. The van der Waals surface area contributed by atoms with Crippen LogP contribution in [0.15, 0.2) is 46.4 Å². The molecular formula is C14H13N3OS. The number of pyridine rings is 1. The Labute approximate surface area is 117 Å². The van der Waals surface area contributed by atoms with Gasteiger partial charge in [-0.1, -0.05) is 0 Å². The van der Waals surface area contributed by atoms with Crippen LogP contribution in [0.2, 0.25) is 0 Å². The fourth-order valence-corrected chi connectivity index (χ4v) is 2.63. The van der Waals surface area contributed by atoms with E-state index in [-0.39, 0.29) is 11.7 Å². The lowest BCUT2D eigenvalue weighted by molar-refractivity contribution is -0.113. The normalized spacial score (nSPS) is 18.9. The van der Waals surface area contributed by atoms with Crippen molar-refractivity contribution in [2.24, 2.45) is 0 Å². The fraction of sp³-hybridized carbons (Fsp3) is 0.214. The molecule has 1 atom stereocenters. The second kappa shape index (κ2) is 5.29. The summed E-state index contributed by atoms with van der Waals surface area (Å²) >= 11 is 4.30. The minimum absolute atomic E-state index is 0.0552. The van der Waals surface area contributed by atoms with Crippen LogP contribution in [0.3, 0.4) is 0 Å². The van der Waals surface area contributed by atoms with Crippen LogP contribution in [0.1, 0.15) is 25.3 Å². The highest BCUT2D eigenvalue weighted by molar-refractivity contribution is 7.84. The number of carbonyl (C=O) groups is 1. The molecule has 96 valence electrons. The lowest BCUT2D eigenvalue weighted by Crippen LogP contribution is -2.26. The van der Waals surface area contributed by atoms with E-state index >= 15 is 0 Å². The molecule has 0 aromatic carbocycles. The molecule has 1 aliphatic rings. The lowest BCUT2D eigenvalue weighted by atomic mass is 9.81. The van der Waals surface area contributed by atoms with Gasteiger partial charge in [0.25, 0.3) is 0 Å². The zero-order valence-electron chi connectivity index (χ0n) is 10.6. The maximum Gasteiger partial charge on any atom is 0.158 e. The number of nitriles is 1. The highest BCUT2D eigenvalue weighted by Crippen LogP contribution is 2.38. The zero-order valence-corrected chi connectivity index (χ0v) is 11.5. The summed E-state index contributed by atoms with van der Waals surface area (Å²) in [6.45, 7) is 3.32. The molecule has 0 saturated carbocycles. The monoisotopic (exact) mass is 271 g/mol. The zero-order chi connectivity index (χ0) is 14.0. The van der Waals surface area contributed by atoms with Gasteiger partial charge >= 0.3 is 0 Å². The molecule has 1 aliphatic heterocycles. The smallest absolute Gasteiger partial charge is 0.158 e. The Bertz CT molecular complexity index is 626. The summed E-state index contributed by atoms with van der Waals surface area (Å²) in [6, 6.07) is 5.76. The van der Waals surface area contributed by atoms with E-state index in [2.05, 4.69) is 29.0 Å². The molecule has 0 spiro atoms. The predicted molar refractivity (Wildman–Crippen MR) is 75.1 cm³/mol. The van der Waals surface area contributed by atoms with Crippen LogP contribution in [-0.2, 0) is 4.79 Å². The van der Waals surface area contributed by atoms with Gasteiger partial charge in [0.2, 0.25) is 0 Å². The number of dihydropyridines is 1. The van der Waals surface area contributed by atoms with Crippen molar-refractivity contribution in [2.45, 2.75) is 19.8 Å². The van der Waals surface area contributed by atoms with Crippen molar-refractivity contribution < 1.29 is 4.79 Å². The van der Waals surface area contributed by atoms with Crippen molar-refractivity contribution in [1.29, 1.82) is 5.26 Å². The minimum Gasteiger partial charge on any atom is -0.353 e. The Morgan fingerprint density at radius 3 is 2.63 bits per heavy atom. The van der Waals surface area contributed by atoms with Gasteiger partial charge in [0.1, 0.15) is 0 Å². The van der Waals surface area contributed by atoms with E-state index in [1.807, 2.05) is 19.1 Å². The van der Waals surface area contributed by atoms with E-state index in [0.717, 1.165) is 11.3 Å². The highest BCUT2D eigenvalue weighted by Gasteiger charge is 2.31. The van der Waals surface area contributed by atoms with Gasteiger partial charge in [0, 0.05) is 23.7 Å². The van der Waals surface area contributed by atoms with Crippen molar-refractivity contribution in [3.63, 3.8) is 0 Å². The van der Waals surface area contributed by atoms with Crippen molar-refractivity contribution >= 4 is 18.4 Å². The number of aromatic nitrogens is 1. The Kier molecular flexibility index (Phi) is 3.72. The first kappa shape index (κ1) is 13.4. The van der Waals surface area contributed by atoms with E-state index in [9.17, 15) is 10.1 Å². The molecule has 2 rings (SSSR count). The average molecular weight is 271 g/mol. The van der Waals surface area contributed by atoms with Gasteiger partial charge < -0.3 is 5.32 Å². The van der Waals surface area contributed by atoms with Crippen LogP contribution in [0.25, 0.3) is 0 Å². The van der Waals surface area contributed by atoms with E-state index in [1.54, 1.807) is 12.4 Å². The van der Waals surface area contributed by atoms with Gasteiger partial charge in [-0.25, -0.2) is 0 Å². The largest absolute Gasteiger partial charge is 0.353 e. The molecule has 2 heterocycles. The van der Waals surface area contributed by atoms with Gasteiger partial charge in [0.15, 0.2) is 5.78 Å². The fourth-order valence-electron chi connectivity index (χ4n) is 2.28. The molecule has 0 aliphatic carbocycles. The molecule has 5 heteroatoms. The molecule has 1 N–H and O–H groups in total. The minimum atomic E-state index is -0.376. The van der Waals surface area contributed by atoms with E-state index in [4.69, 9.17) is 0 Å². The Hall–Kier alpha value is -2.06. The second-order valence-corrected chi connectivity index (χ2v) is 4.75. The number of thiol groups is 1. The Morgan fingerprint density at radius 1 is 1.47 bits per heavy atom. The number of nitrogens with zero attached hydrogens (tertiary/aromatic N) is 2. The molecule has 19 heavy (non-hydrogen) atoms. The second-order valence-electron chi connectivity index (χ2n) is 4.31. The molecule has 0 radical (unpaired) electrons. The van der Waals surface area contributed by atoms with Crippen LogP contribution < -0.4 is 5.32 Å². The summed E-state index contributed by atoms with van der Waals surface area (Å²) < 4.78 is 0. The number of rotatable bonds is 2. The first-order valence-electron chi connectivity index (χ1n) is 5.78. The maximum atomic E-state index is 11.9. The third-order valence-corrected chi connectivity index (χ3v) is 3.43. The van der Waals surface area contributed by atoms with Crippen LogP contribution in [-0.4, -0.2) is 10.8 Å². The van der Waals surface area contributed by atoms with Crippen molar-refractivity contribution in [2.75, 3.05) is 0 Å². The van der Waals surface area contributed by atoms with E-state index < -0.39 is 0 Å². The number of Topliss-reactive ketones (excluding diaryl/α,β-unsaturated/α-hetero) is 1. The van der Waals surface area contributed by atoms with Crippen LogP contribution >= 0.6 is 12.6 Å². The van der Waals surface area contributed by atoms with Crippen molar-refractivity contribution in [3.05, 3.63) is 52.0 Å². The van der Waals surface area contributed by atoms with Crippen LogP contribution in [0.4, 0.5) is 0 Å². The summed E-state index contributed by atoms with van der Waals surface area (Å²) in [6.07, 6.45) is 3.30. The molecule has 0 fully saturated rings. The molecule has 1 unspecified atom stereocenters. The molecule has 0 saturated heterocycles. The topological polar surface area (TPSA) is 65.8 Å². The summed E-state index contributed by atoms with van der Waals surface area (Å²) in [5.41, 5.74) is 2.65. The van der Waals surface area contributed by atoms with Crippen molar-refractivity contribution in [3.8, 4) is 6.07 Å². The molecule has 0 bridgehead atoms. The number of carbonyl (C=O) groups excluding carboxylic acids is 1. The van der Waals surface area contributed by atoms with Gasteiger partial charge in [-0.2, -0.15) is 5.26 Å².